The molecule has 0 N–H and O–H groups in total. The molecule has 1 heteroatoms. The lowest BCUT2D eigenvalue weighted by Crippen LogP contribution is -1.91. The van der Waals surface area contributed by atoms with Gasteiger partial charge in [0.25, 0.3) is 0 Å². The van der Waals surface area contributed by atoms with Crippen molar-refractivity contribution in [3.63, 3.8) is 0 Å². The predicted octanol–water partition coefficient (Wildman–Crippen LogP) is 5.05. The Morgan fingerprint density at radius 2 is 1.70 bits per heavy atom. The van der Waals surface area contributed by atoms with Crippen LogP contribution in [0.5, 0.6) is 0 Å². The normalized spacial score (nSPS) is 12.8. The third-order valence-corrected chi connectivity index (χ3v) is 3.51. The number of nitrogens with zero attached hydrogens (tertiary/aromatic N) is 1. The molecule has 1 nitrogen and oxygen atoms in total. The highest BCUT2D eigenvalue weighted by atomic mass is 14.7. The SMILES string of the molecule is CC(C=Cc1ccc2ccccc2c1)c1ccccn1. The minimum Gasteiger partial charge on any atom is -0.261 e. The molecule has 0 aliphatic carbocycles. The molecule has 0 aliphatic rings. The Balaban J connectivity index is 1.83. The second-order valence-electron chi connectivity index (χ2n) is 5.01. The van der Waals surface area contributed by atoms with Crippen molar-refractivity contribution in [3.05, 3.63) is 84.2 Å². The fourth-order valence-corrected chi connectivity index (χ4v) is 2.31. The maximum Gasteiger partial charge on any atom is 0.0469 e. The lowest BCUT2D eigenvalue weighted by molar-refractivity contribution is 0.911. The van der Waals surface area contributed by atoms with E-state index < -0.39 is 0 Å². The quantitative estimate of drug-likeness (QED) is 0.641. The van der Waals surface area contributed by atoms with Crippen LogP contribution in [0.2, 0.25) is 0 Å². The Bertz CT molecular complexity index is 729. The number of fused-ring (bicyclic) bond motifs is 1. The first-order chi connectivity index (χ1) is 9.83. The van der Waals surface area contributed by atoms with Crippen molar-refractivity contribution < 1.29 is 0 Å². The second kappa shape index (κ2) is 5.70. The lowest BCUT2D eigenvalue weighted by atomic mass is 10.0. The molecule has 3 rings (SSSR count). The minimum absolute atomic E-state index is 0.322. The minimum atomic E-state index is 0.322. The summed E-state index contributed by atoms with van der Waals surface area (Å²) in [5, 5.41) is 2.56. The van der Waals surface area contributed by atoms with Crippen LogP contribution in [0.3, 0.4) is 0 Å². The molecule has 3 aromatic rings. The van der Waals surface area contributed by atoms with Crippen molar-refractivity contribution in [1.82, 2.24) is 4.98 Å². The van der Waals surface area contributed by atoms with Crippen molar-refractivity contribution >= 4 is 16.8 Å². The van der Waals surface area contributed by atoms with Gasteiger partial charge in [0.05, 0.1) is 0 Å². The standard InChI is InChI=1S/C19H17N/c1-15(19-8-4-5-13-20-19)9-10-16-11-12-17-6-2-3-7-18(17)14-16/h2-15H,1H3. The average Bonchev–Trinajstić information content (AvgIpc) is 2.53. The molecule has 0 fully saturated rings. The second-order valence-corrected chi connectivity index (χ2v) is 5.01. The smallest absolute Gasteiger partial charge is 0.0469 e. The van der Waals surface area contributed by atoms with Crippen LogP contribution in [-0.2, 0) is 0 Å². The van der Waals surface area contributed by atoms with Gasteiger partial charge in [0.2, 0.25) is 0 Å². The van der Waals surface area contributed by atoms with Crippen molar-refractivity contribution in [2.24, 2.45) is 0 Å². The third-order valence-electron chi connectivity index (χ3n) is 3.51. The number of benzene rings is 2. The van der Waals surface area contributed by atoms with Gasteiger partial charge in [-0.3, -0.25) is 4.98 Å². The van der Waals surface area contributed by atoms with Gasteiger partial charge in [-0.15, -0.1) is 0 Å². The molecule has 0 amide bonds. The number of rotatable bonds is 3. The highest BCUT2D eigenvalue weighted by Gasteiger charge is 2.01. The molecular weight excluding hydrogens is 242 g/mol. The first-order valence-corrected chi connectivity index (χ1v) is 6.91. The first-order valence-electron chi connectivity index (χ1n) is 6.91. The molecular formula is C19H17N. The van der Waals surface area contributed by atoms with Crippen LogP contribution in [0.4, 0.5) is 0 Å². The summed E-state index contributed by atoms with van der Waals surface area (Å²) in [6.07, 6.45) is 6.22. The van der Waals surface area contributed by atoms with E-state index in [1.54, 1.807) is 0 Å². The van der Waals surface area contributed by atoms with E-state index in [9.17, 15) is 0 Å². The molecule has 0 bridgehead atoms. The number of hydrogen-bond donors (Lipinski definition) is 0. The summed E-state index contributed by atoms with van der Waals surface area (Å²) in [5.41, 5.74) is 2.33. The van der Waals surface area contributed by atoms with Crippen LogP contribution in [0.25, 0.3) is 16.8 Å². The Morgan fingerprint density at radius 1 is 0.900 bits per heavy atom. The van der Waals surface area contributed by atoms with Gasteiger partial charge in [0, 0.05) is 17.8 Å². The zero-order valence-electron chi connectivity index (χ0n) is 11.5. The highest BCUT2D eigenvalue weighted by Crippen LogP contribution is 2.19. The van der Waals surface area contributed by atoms with Gasteiger partial charge in [-0.1, -0.05) is 61.5 Å². The number of pyridine rings is 1. The molecule has 1 atom stereocenters. The van der Waals surface area contributed by atoms with Crippen LogP contribution >= 0.6 is 0 Å². The topological polar surface area (TPSA) is 12.9 Å². The van der Waals surface area contributed by atoms with E-state index in [4.69, 9.17) is 0 Å². The van der Waals surface area contributed by atoms with Crippen LogP contribution < -0.4 is 0 Å². The highest BCUT2D eigenvalue weighted by molar-refractivity contribution is 5.84. The van der Waals surface area contributed by atoms with Crippen LogP contribution in [0.1, 0.15) is 24.1 Å². The van der Waals surface area contributed by atoms with Gasteiger partial charge >= 0.3 is 0 Å². The molecule has 2 aromatic carbocycles. The Kier molecular flexibility index (Phi) is 3.60. The molecule has 1 heterocycles. The molecule has 0 saturated heterocycles. The maximum atomic E-state index is 4.39. The largest absolute Gasteiger partial charge is 0.261 e. The van der Waals surface area contributed by atoms with E-state index >= 15 is 0 Å². The zero-order valence-corrected chi connectivity index (χ0v) is 11.5. The Labute approximate surface area is 119 Å². The summed E-state index contributed by atoms with van der Waals surface area (Å²) in [4.78, 5) is 4.39. The van der Waals surface area contributed by atoms with Gasteiger partial charge in [-0.25, -0.2) is 0 Å². The van der Waals surface area contributed by atoms with Crippen molar-refractivity contribution in [1.29, 1.82) is 0 Å². The van der Waals surface area contributed by atoms with E-state index in [0.717, 1.165) is 5.69 Å². The summed E-state index contributed by atoms with van der Waals surface area (Å²) in [5.74, 6) is 0.322. The van der Waals surface area contributed by atoms with Gasteiger partial charge in [0.1, 0.15) is 0 Å². The van der Waals surface area contributed by atoms with E-state index in [0.29, 0.717) is 5.92 Å². The Morgan fingerprint density at radius 3 is 2.50 bits per heavy atom. The van der Waals surface area contributed by atoms with Gasteiger partial charge in [-0.05, 0) is 34.5 Å². The average molecular weight is 259 g/mol. The molecule has 1 unspecified atom stereocenters. The van der Waals surface area contributed by atoms with Gasteiger partial charge in [0.15, 0.2) is 0 Å². The number of aromatic nitrogens is 1. The van der Waals surface area contributed by atoms with Crippen molar-refractivity contribution in [2.75, 3.05) is 0 Å². The van der Waals surface area contributed by atoms with Crippen LogP contribution in [0.15, 0.2) is 72.9 Å². The summed E-state index contributed by atoms with van der Waals surface area (Å²) in [6, 6.07) is 21.0. The molecule has 0 radical (unpaired) electrons. The van der Waals surface area contributed by atoms with Crippen molar-refractivity contribution in [3.8, 4) is 0 Å². The van der Waals surface area contributed by atoms with Gasteiger partial charge in [-0.2, -0.15) is 0 Å². The molecule has 1 aromatic heterocycles. The zero-order chi connectivity index (χ0) is 13.8. The fourth-order valence-electron chi connectivity index (χ4n) is 2.31. The summed E-state index contributed by atoms with van der Waals surface area (Å²) >= 11 is 0. The molecule has 0 aliphatic heterocycles. The van der Waals surface area contributed by atoms with E-state index in [1.807, 2.05) is 18.3 Å². The third kappa shape index (κ3) is 2.77. The maximum absolute atomic E-state index is 4.39. The van der Waals surface area contributed by atoms with E-state index in [2.05, 4.69) is 72.6 Å². The number of hydrogen-bond acceptors (Lipinski definition) is 1. The molecule has 0 spiro atoms. The summed E-state index contributed by atoms with van der Waals surface area (Å²) in [6.45, 7) is 2.17. The fraction of sp³-hybridized carbons (Fsp3) is 0.105. The lowest BCUT2D eigenvalue weighted by Gasteiger charge is -2.05. The van der Waals surface area contributed by atoms with Crippen LogP contribution in [-0.4, -0.2) is 4.98 Å². The Hall–Kier alpha value is -2.41. The van der Waals surface area contributed by atoms with E-state index in [1.165, 1.54) is 16.3 Å². The first kappa shape index (κ1) is 12.6. The molecule has 0 saturated carbocycles. The predicted molar refractivity (Wildman–Crippen MR) is 85.6 cm³/mol. The molecule has 20 heavy (non-hydrogen) atoms. The van der Waals surface area contributed by atoms with Crippen molar-refractivity contribution in [2.45, 2.75) is 12.8 Å². The molecule has 98 valence electrons. The monoisotopic (exact) mass is 259 g/mol. The number of allylic oxidation sites excluding steroid dienone is 1. The van der Waals surface area contributed by atoms with Crippen LogP contribution in [0, 0.1) is 0 Å². The summed E-state index contributed by atoms with van der Waals surface area (Å²) in [7, 11) is 0. The summed E-state index contributed by atoms with van der Waals surface area (Å²) < 4.78 is 0. The van der Waals surface area contributed by atoms with Gasteiger partial charge < -0.3 is 0 Å². The van der Waals surface area contributed by atoms with E-state index in [-0.39, 0.29) is 0 Å².